The fraction of sp³-hybridized carbons (Fsp3) is 0.440. The van der Waals surface area contributed by atoms with Gasteiger partial charge in [-0.3, -0.25) is 19.0 Å². The molecule has 0 aromatic carbocycles. The van der Waals surface area contributed by atoms with Crippen LogP contribution < -0.4 is 16.2 Å². The molecule has 2 aliphatic heterocycles. The number of aromatic nitrogens is 3. The van der Waals surface area contributed by atoms with E-state index in [1.54, 1.807) is 36.2 Å². The van der Waals surface area contributed by atoms with Gasteiger partial charge in [-0.15, -0.1) is 11.3 Å². The lowest BCUT2D eigenvalue weighted by molar-refractivity contribution is -0.141. The number of pyridine rings is 1. The van der Waals surface area contributed by atoms with Crippen LogP contribution >= 0.6 is 11.3 Å². The monoisotopic (exact) mass is 503 g/mol. The fourth-order valence-corrected chi connectivity index (χ4v) is 6.85. The van der Waals surface area contributed by atoms with Gasteiger partial charge >= 0.3 is 0 Å². The van der Waals surface area contributed by atoms with Crippen molar-refractivity contribution in [3.05, 3.63) is 44.4 Å². The highest BCUT2D eigenvalue weighted by molar-refractivity contribution is 7.19. The highest BCUT2D eigenvalue weighted by Gasteiger charge is 2.39. The first kappa shape index (κ1) is 22.7. The molecule has 1 atom stereocenters. The number of carbonyl (C=O) groups is 2. The van der Waals surface area contributed by atoms with Gasteiger partial charge in [-0.2, -0.15) is 5.26 Å². The second kappa shape index (κ2) is 7.86. The average Bonchev–Trinajstić information content (AvgIpc) is 3.29. The number of thiophene rings is 1. The third-order valence-corrected chi connectivity index (χ3v) is 8.57. The molecule has 0 unspecified atom stereocenters. The third kappa shape index (κ3) is 3.32. The topological polar surface area (TPSA) is 133 Å². The van der Waals surface area contributed by atoms with E-state index in [1.165, 1.54) is 10.9 Å². The minimum atomic E-state index is -0.834. The van der Waals surface area contributed by atoms with Gasteiger partial charge in [0.2, 0.25) is 5.91 Å². The number of fused-ring (bicyclic) bond motifs is 4. The van der Waals surface area contributed by atoms with Gasteiger partial charge in [0.25, 0.3) is 11.5 Å². The molecule has 2 amide bonds. The maximum atomic E-state index is 13.4. The van der Waals surface area contributed by atoms with Gasteiger partial charge in [-0.05, 0) is 57.2 Å². The van der Waals surface area contributed by atoms with E-state index in [-0.39, 0.29) is 29.2 Å². The Bertz CT molecular complexity index is 1560. The largest absolute Gasteiger partial charge is 0.340 e. The molecular weight excluding hydrogens is 478 g/mol. The minimum absolute atomic E-state index is 0.0484. The molecule has 3 aromatic rings. The van der Waals surface area contributed by atoms with Crippen LogP contribution in [0.3, 0.4) is 0 Å². The van der Waals surface area contributed by atoms with Crippen LogP contribution in [0, 0.1) is 30.1 Å². The summed E-state index contributed by atoms with van der Waals surface area (Å²) < 4.78 is 1.50. The Labute approximate surface area is 211 Å². The standard InChI is InChI=1S/C25H25N7O3S/c1-12-6-16(24(35)32-19(12)21(33)30-25(32,2)3)29-20-18-15-5-4-14(23(34)31-9-13(8-26)10-31)7-17(15)36-22(18)28-11-27-20/h6,11,13-14H,4-5,7,9-10H2,1-3H3,(H,30,33)(H,27,28,29)/t14-/m0/s1. The van der Waals surface area contributed by atoms with Crippen LogP contribution in [0.4, 0.5) is 11.5 Å². The minimum Gasteiger partial charge on any atom is -0.340 e. The summed E-state index contributed by atoms with van der Waals surface area (Å²) >= 11 is 1.56. The van der Waals surface area contributed by atoms with Gasteiger partial charge < -0.3 is 15.5 Å². The van der Waals surface area contributed by atoms with Crippen LogP contribution in [-0.4, -0.2) is 44.3 Å². The highest BCUT2D eigenvalue weighted by Crippen LogP contribution is 2.41. The van der Waals surface area contributed by atoms with E-state index in [2.05, 4.69) is 26.7 Å². The predicted molar refractivity (Wildman–Crippen MR) is 134 cm³/mol. The first-order valence-corrected chi connectivity index (χ1v) is 12.8. The number of carbonyl (C=O) groups excluding carboxylic acids is 2. The van der Waals surface area contributed by atoms with E-state index in [4.69, 9.17) is 5.26 Å². The number of nitriles is 1. The van der Waals surface area contributed by atoms with Gasteiger partial charge in [0.1, 0.15) is 34.0 Å². The highest BCUT2D eigenvalue weighted by atomic mass is 32.1. The molecule has 0 bridgehead atoms. The van der Waals surface area contributed by atoms with Crippen molar-refractivity contribution in [1.29, 1.82) is 5.26 Å². The summed E-state index contributed by atoms with van der Waals surface area (Å²) in [5, 5.41) is 16.0. The lowest BCUT2D eigenvalue weighted by Crippen LogP contribution is -2.52. The van der Waals surface area contributed by atoms with Crippen molar-refractivity contribution in [2.45, 2.75) is 45.7 Å². The first-order valence-electron chi connectivity index (χ1n) is 12.0. The van der Waals surface area contributed by atoms with E-state index in [0.29, 0.717) is 42.3 Å². The summed E-state index contributed by atoms with van der Waals surface area (Å²) in [5.74, 6) is 0.275. The smallest absolute Gasteiger partial charge is 0.276 e. The fourth-order valence-electron chi connectivity index (χ4n) is 5.58. The van der Waals surface area contributed by atoms with Crippen molar-refractivity contribution < 1.29 is 9.59 Å². The molecule has 5 heterocycles. The molecule has 2 N–H and O–H groups in total. The molecule has 0 spiro atoms. The van der Waals surface area contributed by atoms with Crippen molar-refractivity contribution in [1.82, 2.24) is 24.8 Å². The average molecular weight is 504 g/mol. The number of amides is 2. The van der Waals surface area contributed by atoms with Crippen LogP contribution in [0.1, 0.15) is 46.8 Å². The first-order chi connectivity index (χ1) is 17.2. The lowest BCUT2D eigenvalue weighted by Gasteiger charge is -2.38. The van der Waals surface area contributed by atoms with Crippen molar-refractivity contribution in [3.8, 4) is 6.07 Å². The van der Waals surface area contributed by atoms with Crippen molar-refractivity contribution >= 4 is 44.9 Å². The zero-order valence-corrected chi connectivity index (χ0v) is 21.0. The van der Waals surface area contributed by atoms with Crippen LogP contribution in [0.25, 0.3) is 10.2 Å². The molecule has 36 heavy (non-hydrogen) atoms. The second-order valence-electron chi connectivity index (χ2n) is 10.3. The van der Waals surface area contributed by atoms with E-state index < -0.39 is 5.66 Å². The number of nitrogens with zero attached hydrogens (tertiary/aromatic N) is 5. The SMILES string of the molecule is Cc1cc(Nc2ncnc3sc4c(c23)CC[C@H](C(=O)N2CC(C#N)C2)C4)c(=O)n2c1C(=O)NC2(C)C. The van der Waals surface area contributed by atoms with Crippen LogP contribution in [0.5, 0.6) is 0 Å². The molecule has 184 valence electrons. The Kier molecular flexibility index (Phi) is 4.95. The van der Waals surface area contributed by atoms with Crippen molar-refractivity contribution in [2.24, 2.45) is 11.8 Å². The summed E-state index contributed by atoms with van der Waals surface area (Å²) in [6, 6.07) is 3.91. The van der Waals surface area contributed by atoms with Crippen LogP contribution in [0.15, 0.2) is 17.2 Å². The molecule has 10 nitrogen and oxygen atoms in total. The number of hydrogen-bond donors (Lipinski definition) is 2. The summed E-state index contributed by atoms with van der Waals surface area (Å²) in [5.41, 5.74) is 1.40. The Morgan fingerprint density at radius 3 is 2.83 bits per heavy atom. The van der Waals surface area contributed by atoms with Gasteiger partial charge in [0.05, 0.1) is 17.4 Å². The molecule has 6 rings (SSSR count). The molecule has 1 aliphatic carbocycles. The van der Waals surface area contributed by atoms with E-state index >= 15 is 0 Å². The number of nitrogens with one attached hydrogen (secondary N) is 2. The zero-order valence-electron chi connectivity index (χ0n) is 20.2. The molecule has 0 saturated carbocycles. The molecule has 3 aromatic heterocycles. The molecular formula is C25H25N7O3S. The van der Waals surface area contributed by atoms with Crippen molar-refractivity contribution in [3.63, 3.8) is 0 Å². The maximum Gasteiger partial charge on any atom is 0.276 e. The molecule has 1 fully saturated rings. The zero-order chi connectivity index (χ0) is 25.4. The number of rotatable bonds is 3. The van der Waals surface area contributed by atoms with Crippen LogP contribution in [0.2, 0.25) is 0 Å². The third-order valence-electron chi connectivity index (χ3n) is 7.41. The van der Waals surface area contributed by atoms with Gasteiger partial charge in [0.15, 0.2) is 0 Å². The van der Waals surface area contributed by atoms with E-state index in [1.807, 2.05) is 6.92 Å². The van der Waals surface area contributed by atoms with Gasteiger partial charge in [0, 0.05) is 23.9 Å². The Balaban J connectivity index is 1.34. The summed E-state index contributed by atoms with van der Waals surface area (Å²) in [4.78, 5) is 51.4. The summed E-state index contributed by atoms with van der Waals surface area (Å²) in [6.07, 6.45) is 3.56. The number of aryl methyl sites for hydroxylation is 2. The summed E-state index contributed by atoms with van der Waals surface area (Å²) in [7, 11) is 0. The normalized spacial score (nSPS) is 20.3. The summed E-state index contributed by atoms with van der Waals surface area (Å²) in [6.45, 7) is 6.45. The van der Waals surface area contributed by atoms with E-state index in [0.717, 1.165) is 33.5 Å². The number of hydrogen-bond acceptors (Lipinski definition) is 8. The van der Waals surface area contributed by atoms with Gasteiger partial charge in [-0.1, -0.05) is 0 Å². The van der Waals surface area contributed by atoms with Crippen molar-refractivity contribution in [2.75, 3.05) is 18.4 Å². The van der Waals surface area contributed by atoms with Gasteiger partial charge in [-0.25, -0.2) is 9.97 Å². The number of anilines is 2. The Hall–Kier alpha value is -3.78. The molecule has 3 aliphatic rings. The maximum absolute atomic E-state index is 13.4. The molecule has 11 heteroatoms. The quantitative estimate of drug-likeness (QED) is 0.561. The Morgan fingerprint density at radius 2 is 2.08 bits per heavy atom. The van der Waals surface area contributed by atoms with E-state index in [9.17, 15) is 14.4 Å². The van der Waals surface area contributed by atoms with Crippen LogP contribution in [-0.2, 0) is 23.3 Å². The number of likely N-dealkylation sites (tertiary alicyclic amines) is 1. The predicted octanol–water partition coefficient (Wildman–Crippen LogP) is 2.43. The Morgan fingerprint density at radius 1 is 1.31 bits per heavy atom. The second-order valence-corrected chi connectivity index (χ2v) is 11.4. The molecule has 0 radical (unpaired) electrons. The lowest BCUT2D eigenvalue weighted by atomic mass is 9.85. The molecule has 1 saturated heterocycles.